The Morgan fingerprint density at radius 2 is 0.930 bits per heavy atom. The Balaban J connectivity index is 1.89. The highest BCUT2D eigenvalue weighted by molar-refractivity contribution is 5.74. The molecule has 0 aromatic rings. The average Bonchev–Trinajstić information content (AvgIpc) is 2.94. The molecule has 0 aromatic heterocycles. The van der Waals surface area contributed by atoms with Gasteiger partial charge >= 0.3 is 0 Å². The number of hydrogen-bond acceptors (Lipinski definition) is 16. The molecule has 3 aliphatic heterocycles. The van der Waals surface area contributed by atoms with Crippen LogP contribution in [0.25, 0.3) is 0 Å². The molecule has 0 bridgehead atoms. The first-order valence-corrected chi connectivity index (χ1v) is 13.5. The standard InChI is InChI=1S/C24H41N3O16/c1-7(31)25-13-18(36)20(11(5-29)39-22(13)38)42-24-15(27-9(3)33)19(37)21(12(6-30)41-24)43-23-14(26-8(2)32)17(35)16(34)10(4-28)40-23/h10-24,28-30,34-38H,4-6H2,1-3H3,(H,25,31)(H,26,32)(H,27,33)/t10-,11-,12-,13-,14-,15-,16-,17-,18-,19-,20+,21+,22-,23+,24+/m0/s1. The Bertz CT molecular complexity index is 962. The number of rotatable bonds is 10. The van der Waals surface area contributed by atoms with Gasteiger partial charge in [0, 0.05) is 20.8 Å². The number of ether oxygens (including phenoxy) is 5. The minimum atomic E-state index is -1.77. The topological polar surface area (TPSA) is 295 Å². The van der Waals surface area contributed by atoms with Crippen LogP contribution >= 0.6 is 0 Å². The summed E-state index contributed by atoms with van der Waals surface area (Å²) in [6.45, 7) is 0.995. The lowest BCUT2D eigenvalue weighted by Gasteiger charge is -2.49. The van der Waals surface area contributed by atoms with E-state index >= 15 is 0 Å². The van der Waals surface area contributed by atoms with Crippen molar-refractivity contribution < 1.29 is 78.9 Å². The van der Waals surface area contributed by atoms with Gasteiger partial charge in [-0.2, -0.15) is 0 Å². The highest BCUT2D eigenvalue weighted by Gasteiger charge is 2.54. The summed E-state index contributed by atoms with van der Waals surface area (Å²) in [7, 11) is 0. The third kappa shape index (κ3) is 8.14. The zero-order valence-electron chi connectivity index (χ0n) is 23.6. The van der Waals surface area contributed by atoms with Crippen molar-refractivity contribution in [1.82, 2.24) is 16.0 Å². The number of carbonyl (C=O) groups is 3. The highest BCUT2D eigenvalue weighted by atomic mass is 16.7. The molecule has 0 radical (unpaired) electrons. The first-order valence-electron chi connectivity index (χ1n) is 13.5. The molecule has 3 fully saturated rings. The number of carbonyl (C=O) groups excluding carboxylic acids is 3. The lowest BCUT2D eigenvalue weighted by atomic mass is 9.93. The summed E-state index contributed by atoms with van der Waals surface area (Å²) >= 11 is 0. The van der Waals surface area contributed by atoms with Crippen LogP contribution < -0.4 is 16.0 Å². The maximum absolute atomic E-state index is 12.1. The van der Waals surface area contributed by atoms with Crippen LogP contribution in [-0.2, 0) is 38.1 Å². The second-order valence-corrected chi connectivity index (χ2v) is 10.5. The van der Waals surface area contributed by atoms with Crippen LogP contribution in [0.5, 0.6) is 0 Å². The molecule has 15 atom stereocenters. The molecular weight excluding hydrogens is 586 g/mol. The highest BCUT2D eigenvalue weighted by Crippen LogP contribution is 2.32. The van der Waals surface area contributed by atoms with Gasteiger partial charge in [0.25, 0.3) is 0 Å². The lowest BCUT2D eigenvalue weighted by Crippen LogP contribution is -2.71. The molecular formula is C24H41N3O16. The Labute approximate surface area is 245 Å². The van der Waals surface area contributed by atoms with E-state index in [1.165, 1.54) is 0 Å². The molecule has 3 aliphatic rings. The third-order valence-corrected chi connectivity index (χ3v) is 7.30. The molecule has 11 N–H and O–H groups in total. The summed E-state index contributed by atoms with van der Waals surface area (Å²) in [6.07, 6.45) is -19.0. The van der Waals surface area contributed by atoms with E-state index < -0.39 is 129 Å². The van der Waals surface area contributed by atoms with Crippen molar-refractivity contribution in [2.75, 3.05) is 19.8 Å². The van der Waals surface area contributed by atoms with E-state index in [0.29, 0.717) is 0 Å². The second kappa shape index (κ2) is 15.3. The fourth-order valence-electron chi connectivity index (χ4n) is 5.28. The van der Waals surface area contributed by atoms with Crippen LogP contribution in [0.2, 0.25) is 0 Å². The van der Waals surface area contributed by atoms with Gasteiger partial charge in [-0.15, -0.1) is 0 Å². The van der Waals surface area contributed by atoms with Crippen LogP contribution in [0.1, 0.15) is 20.8 Å². The van der Waals surface area contributed by atoms with E-state index in [1.807, 2.05) is 0 Å². The van der Waals surface area contributed by atoms with Gasteiger partial charge in [-0.1, -0.05) is 0 Å². The lowest BCUT2D eigenvalue weighted by molar-refractivity contribution is -0.351. The van der Waals surface area contributed by atoms with Gasteiger partial charge in [0.2, 0.25) is 17.7 Å². The molecule has 3 amide bonds. The number of nitrogens with one attached hydrogen (secondary N) is 3. The van der Waals surface area contributed by atoms with Gasteiger partial charge in [-0.3, -0.25) is 14.4 Å². The molecule has 0 saturated carbocycles. The van der Waals surface area contributed by atoms with E-state index in [1.54, 1.807) is 0 Å². The van der Waals surface area contributed by atoms with Crippen molar-refractivity contribution in [1.29, 1.82) is 0 Å². The average molecular weight is 628 g/mol. The zero-order chi connectivity index (χ0) is 32.2. The van der Waals surface area contributed by atoms with Crippen LogP contribution in [0, 0.1) is 0 Å². The van der Waals surface area contributed by atoms with Gasteiger partial charge in [0.05, 0.1) is 19.8 Å². The van der Waals surface area contributed by atoms with Crippen LogP contribution in [0.3, 0.4) is 0 Å². The van der Waals surface area contributed by atoms with Crippen molar-refractivity contribution >= 4 is 17.7 Å². The van der Waals surface area contributed by atoms with Crippen LogP contribution in [0.15, 0.2) is 0 Å². The molecule has 43 heavy (non-hydrogen) atoms. The van der Waals surface area contributed by atoms with Crippen molar-refractivity contribution in [3.05, 3.63) is 0 Å². The Morgan fingerprint density at radius 1 is 0.558 bits per heavy atom. The van der Waals surface area contributed by atoms with E-state index in [2.05, 4.69) is 16.0 Å². The summed E-state index contributed by atoms with van der Waals surface area (Å²) < 4.78 is 28.3. The van der Waals surface area contributed by atoms with E-state index in [-0.39, 0.29) is 0 Å². The normalized spacial score (nSPS) is 43.5. The summed E-state index contributed by atoms with van der Waals surface area (Å²) in [4.78, 5) is 35.5. The molecule has 0 unspecified atom stereocenters. The van der Waals surface area contributed by atoms with Crippen molar-refractivity contribution in [3.63, 3.8) is 0 Å². The first-order chi connectivity index (χ1) is 20.2. The molecule has 3 saturated heterocycles. The summed E-state index contributed by atoms with van der Waals surface area (Å²) in [5.41, 5.74) is 0. The van der Waals surface area contributed by atoms with Crippen molar-refractivity contribution in [3.8, 4) is 0 Å². The summed E-state index contributed by atoms with van der Waals surface area (Å²) in [5, 5.41) is 90.0. The molecule has 0 aromatic carbocycles. The fraction of sp³-hybridized carbons (Fsp3) is 0.875. The number of amides is 3. The molecule has 0 spiro atoms. The van der Waals surface area contributed by atoms with Crippen molar-refractivity contribution in [2.45, 2.75) is 113 Å². The Hall–Kier alpha value is -2.11. The summed E-state index contributed by atoms with van der Waals surface area (Å²) in [6, 6.07) is -4.31. The molecule has 19 heteroatoms. The van der Waals surface area contributed by atoms with E-state index in [0.717, 1.165) is 20.8 Å². The third-order valence-electron chi connectivity index (χ3n) is 7.30. The zero-order valence-corrected chi connectivity index (χ0v) is 23.6. The second-order valence-electron chi connectivity index (χ2n) is 10.5. The van der Waals surface area contributed by atoms with E-state index in [4.69, 9.17) is 23.7 Å². The Morgan fingerprint density at radius 3 is 1.37 bits per heavy atom. The van der Waals surface area contributed by atoms with Gasteiger partial charge in [0.1, 0.15) is 73.1 Å². The molecule has 3 rings (SSSR count). The molecule has 19 nitrogen and oxygen atoms in total. The number of aliphatic hydroxyl groups excluding tert-OH is 8. The minimum absolute atomic E-state index is 0.628. The first kappa shape index (κ1) is 35.4. The maximum atomic E-state index is 12.1. The van der Waals surface area contributed by atoms with Crippen LogP contribution in [0.4, 0.5) is 0 Å². The molecule has 0 aliphatic carbocycles. The largest absolute Gasteiger partial charge is 0.394 e. The smallest absolute Gasteiger partial charge is 0.217 e. The van der Waals surface area contributed by atoms with Crippen LogP contribution in [-0.4, -0.2) is 170 Å². The van der Waals surface area contributed by atoms with E-state index in [9.17, 15) is 55.2 Å². The number of hydrogen-bond donors (Lipinski definition) is 11. The van der Waals surface area contributed by atoms with Crippen molar-refractivity contribution in [2.24, 2.45) is 0 Å². The van der Waals surface area contributed by atoms with Gasteiger partial charge in [0.15, 0.2) is 18.9 Å². The fourth-order valence-corrected chi connectivity index (χ4v) is 5.28. The molecule has 3 heterocycles. The predicted molar refractivity (Wildman–Crippen MR) is 136 cm³/mol. The predicted octanol–water partition coefficient (Wildman–Crippen LogP) is -7.14. The Kier molecular flexibility index (Phi) is 12.5. The quantitative estimate of drug-likeness (QED) is 0.107. The monoisotopic (exact) mass is 627 g/mol. The number of aliphatic hydroxyl groups is 8. The van der Waals surface area contributed by atoms with Gasteiger partial charge < -0.3 is 80.5 Å². The molecule has 248 valence electrons. The van der Waals surface area contributed by atoms with Gasteiger partial charge in [-0.25, -0.2) is 0 Å². The SMILES string of the molecule is CC(=O)N[C@@H]1[C@@H](O[C@H]2[C@@H](O)[C@H](NC(C)=O)[C@@H](O[C@H]3[C@@H](O)[C@H](NC(C)=O)[C@@H](O)O[C@H]3CO)O[C@H]2CO)O[C@@H](CO)[C@H](O)[C@H]1O. The maximum Gasteiger partial charge on any atom is 0.217 e. The van der Waals surface area contributed by atoms with Gasteiger partial charge in [-0.05, 0) is 0 Å². The summed E-state index contributed by atoms with van der Waals surface area (Å²) in [5.74, 6) is -1.96. The minimum Gasteiger partial charge on any atom is -0.394 e.